The van der Waals surface area contributed by atoms with Crippen LogP contribution in [0.1, 0.15) is 15.9 Å². The molecular weight excluding hydrogens is 424 g/mol. The smallest absolute Gasteiger partial charge is 0.259 e. The van der Waals surface area contributed by atoms with Gasteiger partial charge in [0.2, 0.25) is 11.6 Å². The van der Waals surface area contributed by atoms with E-state index < -0.39 is 0 Å². The number of methoxy groups -OCH3 is 4. The minimum Gasteiger partial charge on any atom is -0.496 e. The fourth-order valence-corrected chi connectivity index (χ4v) is 3.63. The Morgan fingerprint density at radius 3 is 2.21 bits per heavy atom. The molecule has 8 heteroatoms. The third-order valence-electron chi connectivity index (χ3n) is 5.22. The van der Waals surface area contributed by atoms with Crippen molar-refractivity contribution in [1.82, 2.24) is 4.98 Å². The van der Waals surface area contributed by atoms with E-state index >= 15 is 0 Å². The van der Waals surface area contributed by atoms with Gasteiger partial charge in [-0.05, 0) is 48.9 Å². The van der Waals surface area contributed by atoms with Crippen LogP contribution in [-0.4, -0.2) is 39.3 Å². The van der Waals surface area contributed by atoms with Crippen molar-refractivity contribution >= 4 is 22.7 Å². The lowest BCUT2D eigenvalue weighted by molar-refractivity contribution is 0.102. The van der Waals surface area contributed by atoms with E-state index in [1.807, 2.05) is 19.1 Å². The lowest BCUT2D eigenvalue weighted by Gasteiger charge is -2.12. The normalized spacial score (nSPS) is 10.7. The van der Waals surface area contributed by atoms with Gasteiger partial charge in [0.25, 0.3) is 5.91 Å². The van der Waals surface area contributed by atoms with Crippen LogP contribution in [0.15, 0.2) is 52.9 Å². The summed E-state index contributed by atoms with van der Waals surface area (Å²) in [6, 6.07) is 14.2. The predicted molar refractivity (Wildman–Crippen MR) is 125 cm³/mol. The highest BCUT2D eigenvalue weighted by Gasteiger charge is 2.18. The quantitative estimate of drug-likeness (QED) is 0.421. The Morgan fingerprint density at radius 2 is 1.58 bits per heavy atom. The van der Waals surface area contributed by atoms with Crippen LogP contribution < -0.4 is 24.3 Å². The van der Waals surface area contributed by atoms with Crippen molar-refractivity contribution < 1.29 is 28.2 Å². The highest BCUT2D eigenvalue weighted by Crippen LogP contribution is 2.41. The number of para-hydroxylation sites is 1. The monoisotopic (exact) mass is 448 g/mol. The fraction of sp³-hybridized carbons (Fsp3) is 0.200. The number of fused-ring (bicyclic) bond motifs is 1. The van der Waals surface area contributed by atoms with Crippen LogP contribution >= 0.6 is 0 Å². The molecular formula is C25H24N2O6. The van der Waals surface area contributed by atoms with E-state index in [1.54, 1.807) is 64.8 Å². The molecule has 170 valence electrons. The summed E-state index contributed by atoms with van der Waals surface area (Å²) in [7, 11) is 6.18. The highest BCUT2D eigenvalue weighted by atomic mass is 16.5. The summed E-state index contributed by atoms with van der Waals surface area (Å²) in [6.07, 6.45) is 0. The van der Waals surface area contributed by atoms with Crippen LogP contribution in [0.2, 0.25) is 0 Å². The second kappa shape index (κ2) is 9.12. The van der Waals surface area contributed by atoms with E-state index in [4.69, 9.17) is 23.4 Å². The maximum absolute atomic E-state index is 12.8. The Bertz CT molecular complexity index is 1300. The first-order valence-corrected chi connectivity index (χ1v) is 10.1. The van der Waals surface area contributed by atoms with Gasteiger partial charge in [-0.25, -0.2) is 4.98 Å². The number of rotatable bonds is 7. The van der Waals surface area contributed by atoms with Gasteiger partial charge in [0.15, 0.2) is 17.1 Å². The van der Waals surface area contributed by atoms with Crippen molar-refractivity contribution in [3.05, 3.63) is 59.7 Å². The Balaban J connectivity index is 1.66. The molecule has 0 aliphatic heterocycles. The number of carbonyl (C=O) groups is 1. The van der Waals surface area contributed by atoms with Crippen molar-refractivity contribution in [2.75, 3.05) is 33.8 Å². The van der Waals surface area contributed by atoms with Gasteiger partial charge in [0.05, 0.1) is 34.0 Å². The standard InChI is InChI=1S/C25H24N2O6/c1-14-7-6-8-17(22(14)31-4)24(28)26-16-9-10-19-18(13-16)27-25(33-19)15-11-20(29-2)23(32-5)21(12-15)30-3/h6-13H,1-5H3,(H,26,28). The Kier molecular flexibility index (Phi) is 6.08. The van der Waals surface area contributed by atoms with E-state index in [9.17, 15) is 4.79 Å². The van der Waals surface area contributed by atoms with Crippen LogP contribution in [-0.2, 0) is 0 Å². The average Bonchev–Trinajstić information content (AvgIpc) is 3.26. The molecule has 4 aromatic rings. The molecule has 4 rings (SSSR count). The molecule has 0 unspecified atom stereocenters. The van der Waals surface area contributed by atoms with Crippen LogP contribution in [0.25, 0.3) is 22.6 Å². The van der Waals surface area contributed by atoms with Gasteiger partial charge < -0.3 is 28.7 Å². The zero-order valence-electron chi connectivity index (χ0n) is 19.0. The number of nitrogens with one attached hydrogen (secondary N) is 1. The van der Waals surface area contributed by atoms with E-state index in [0.717, 1.165) is 5.56 Å². The molecule has 0 bridgehead atoms. The second-order valence-corrected chi connectivity index (χ2v) is 7.23. The summed E-state index contributed by atoms with van der Waals surface area (Å²) in [5.41, 5.74) is 3.75. The van der Waals surface area contributed by atoms with Crippen molar-refractivity contribution in [3.63, 3.8) is 0 Å². The molecule has 8 nitrogen and oxygen atoms in total. The van der Waals surface area contributed by atoms with Crippen LogP contribution in [0, 0.1) is 6.92 Å². The molecule has 0 atom stereocenters. The van der Waals surface area contributed by atoms with Gasteiger partial charge in [-0.3, -0.25) is 4.79 Å². The minimum absolute atomic E-state index is 0.275. The highest BCUT2D eigenvalue weighted by molar-refractivity contribution is 6.07. The summed E-state index contributed by atoms with van der Waals surface area (Å²) in [6.45, 7) is 1.89. The number of oxazole rings is 1. The average molecular weight is 448 g/mol. The van der Waals surface area contributed by atoms with Crippen LogP contribution in [0.5, 0.6) is 23.0 Å². The van der Waals surface area contributed by atoms with Gasteiger partial charge in [0, 0.05) is 11.3 Å². The summed E-state index contributed by atoms with van der Waals surface area (Å²) in [5, 5.41) is 2.90. The molecule has 1 N–H and O–H groups in total. The number of amides is 1. The first kappa shape index (κ1) is 22.0. The molecule has 0 aliphatic carbocycles. The van der Waals surface area contributed by atoms with Gasteiger partial charge in [-0.15, -0.1) is 0 Å². The number of anilines is 1. The Labute approximate surface area is 191 Å². The Morgan fingerprint density at radius 1 is 0.879 bits per heavy atom. The zero-order chi connectivity index (χ0) is 23.5. The first-order valence-electron chi connectivity index (χ1n) is 10.1. The second-order valence-electron chi connectivity index (χ2n) is 7.23. The van der Waals surface area contributed by atoms with Crippen molar-refractivity contribution in [1.29, 1.82) is 0 Å². The molecule has 0 saturated carbocycles. The third kappa shape index (κ3) is 4.15. The number of hydrogen-bond donors (Lipinski definition) is 1. The van der Waals surface area contributed by atoms with E-state index in [2.05, 4.69) is 10.3 Å². The molecule has 3 aromatic carbocycles. The van der Waals surface area contributed by atoms with Crippen molar-refractivity contribution in [2.24, 2.45) is 0 Å². The van der Waals surface area contributed by atoms with Gasteiger partial charge in [-0.1, -0.05) is 12.1 Å². The van der Waals surface area contributed by atoms with Gasteiger partial charge in [0.1, 0.15) is 11.3 Å². The number of benzene rings is 3. The fourth-order valence-electron chi connectivity index (χ4n) is 3.63. The van der Waals surface area contributed by atoms with E-state index in [0.29, 0.717) is 56.8 Å². The van der Waals surface area contributed by atoms with Gasteiger partial charge in [-0.2, -0.15) is 0 Å². The molecule has 0 saturated heterocycles. The zero-order valence-corrected chi connectivity index (χ0v) is 19.0. The van der Waals surface area contributed by atoms with E-state index in [1.165, 1.54) is 0 Å². The van der Waals surface area contributed by atoms with Gasteiger partial charge >= 0.3 is 0 Å². The Hall–Kier alpha value is -4.20. The molecule has 0 aliphatic rings. The first-order chi connectivity index (χ1) is 16.0. The van der Waals surface area contributed by atoms with E-state index in [-0.39, 0.29) is 5.91 Å². The number of nitrogens with zero attached hydrogens (tertiary/aromatic N) is 1. The van der Waals surface area contributed by atoms with Crippen molar-refractivity contribution in [2.45, 2.75) is 6.92 Å². The maximum Gasteiger partial charge on any atom is 0.259 e. The summed E-state index contributed by atoms with van der Waals surface area (Å²) in [4.78, 5) is 17.4. The number of hydrogen-bond acceptors (Lipinski definition) is 7. The lowest BCUT2D eigenvalue weighted by Crippen LogP contribution is -2.13. The minimum atomic E-state index is -0.275. The largest absolute Gasteiger partial charge is 0.496 e. The molecule has 0 fully saturated rings. The predicted octanol–water partition coefficient (Wildman–Crippen LogP) is 5.09. The number of ether oxygens (including phenoxy) is 4. The summed E-state index contributed by atoms with van der Waals surface area (Å²) >= 11 is 0. The summed E-state index contributed by atoms with van der Waals surface area (Å²) in [5.74, 6) is 2.12. The topological polar surface area (TPSA) is 92.1 Å². The summed E-state index contributed by atoms with van der Waals surface area (Å²) < 4.78 is 27.5. The molecule has 0 spiro atoms. The lowest BCUT2D eigenvalue weighted by atomic mass is 10.1. The molecule has 1 aromatic heterocycles. The number of aromatic nitrogens is 1. The van der Waals surface area contributed by atoms with Crippen LogP contribution in [0.3, 0.4) is 0 Å². The SMILES string of the molecule is COc1cc(-c2nc3cc(NC(=O)c4cccc(C)c4OC)ccc3o2)cc(OC)c1OC. The maximum atomic E-state index is 12.8. The number of aryl methyl sites for hydroxylation is 1. The molecule has 1 amide bonds. The molecule has 0 radical (unpaired) electrons. The third-order valence-corrected chi connectivity index (χ3v) is 5.22. The van der Waals surface area contributed by atoms with Crippen molar-refractivity contribution in [3.8, 4) is 34.5 Å². The molecule has 33 heavy (non-hydrogen) atoms. The molecule has 1 heterocycles. The number of carbonyl (C=O) groups excluding carboxylic acids is 1. The van der Waals surface area contributed by atoms with Crippen LogP contribution in [0.4, 0.5) is 5.69 Å².